The summed E-state index contributed by atoms with van der Waals surface area (Å²) in [6.07, 6.45) is 1.65. The lowest BCUT2D eigenvalue weighted by Crippen LogP contribution is -2.39. The number of esters is 1. The minimum absolute atomic E-state index is 0.0450. The predicted octanol–water partition coefficient (Wildman–Crippen LogP) is 5.47. The van der Waals surface area contributed by atoms with Crippen molar-refractivity contribution in [3.8, 4) is 11.5 Å². The number of methoxy groups -OCH3 is 1. The van der Waals surface area contributed by atoms with Crippen molar-refractivity contribution >= 4 is 29.1 Å². The van der Waals surface area contributed by atoms with Crippen LogP contribution in [0, 0.1) is 10.1 Å². The number of carbonyl (C=O) groups excluding carboxylic acids is 1. The van der Waals surface area contributed by atoms with Gasteiger partial charge in [0.15, 0.2) is 16.3 Å². The van der Waals surface area contributed by atoms with E-state index in [2.05, 4.69) is 4.99 Å². The Hall–Kier alpha value is -5.81. The Balaban J connectivity index is 1.42. The standard InChI is InChI=1S/C36H29N3O7S/c1-23-32(35(41)46-22-26-11-7-4-8-12-26)33(27-15-18-29(30(20-27)44-2)45-21-25-9-5-3-6-10-25)38-34(40)31(47-36(38)37-23)19-24-13-16-28(17-14-24)39(42)43/h3-20,33H,21-22H2,1-2H3/b31-19-. The molecule has 236 valence electrons. The normalized spacial score (nSPS) is 14.3. The van der Waals surface area contributed by atoms with Gasteiger partial charge in [0, 0.05) is 12.1 Å². The average molecular weight is 648 g/mol. The molecule has 5 aromatic rings. The fourth-order valence-electron chi connectivity index (χ4n) is 5.25. The second kappa shape index (κ2) is 13.7. The van der Waals surface area contributed by atoms with Crippen LogP contribution in [0.15, 0.2) is 124 Å². The van der Waals surface area contributed by atoms with E-state index >= 15 is 0 Å². The summed E-state index contributed by atoms with van der Waals surface area (Å²) in [6, 6.07) is 29.4. The van der Waals surface area contributed by atoms with Gasteiger partial charge >= 0.3 is 5.97 Å². The highest BCUT2D eigenvalue weighted by molar-refractivity contribution is 7.07. The number of hydrogen-bond acceptors (Lipinski definition) is 9. The molecule has 0 N–H and O–H groups in total. The molecule has 1 aromatic heterocycles. The fourth-order valence-corrected chi connectivity index (χ4v) is 6.30. The van der Waals surface area contributed by atoms with Crippen LogP contribution >= 0.6 is 11.3 Å². The second-order valence-electron chi connectivity index (χ2n) is 10.7. The second-order valence-corrected chi connectivity index (χ2v) is 11.7. The summed E-state index contributed by atoms with van der Waals surface area (Å²) < 4.78 is 19.4. The average Bonchev–Trinajstić information content (AvgIpc) is 3.40. The molecular formula is C36H29N3O7S. The number of hydrogen-bond donors (Lipinski definition) is 0. The Bertz CT molecular complexity index is 2160. The van der Waals surface area contributed by atoms with Crippen LogP contribution in [0.1, 0.15) is 35.2 Å². The number of carbonyl (C=O) groups is 1. The molecule has 11 heteroatoms. The first-order chi connectivity index (χ1) is 22.8. The van der Waals surface area contributed by atoms with Crippen molar-refractivity contribution in [3.05, 3.63) is 166 Å². The monoisotopic (exact) mass is 647 g/mol. The van der Waals surface area contributed by atoms with E-state index < -0.39 is 16.9 Å². The minimum Gasteiger partial charge on any atom is -0.493 e. The van der Waals surface area contributed by atoms with Crippen LogP contribution in [0.5, 0.6) is 11.5 Å². The van der Waals surface area contributed by atoms with Gasteiger partial charge in [-0.2, -0.15) is 0 Å². The zero-order valence-corrected chi connectivity index (χ0v) is 26.3. The third-order valence-corrected chi connectivity index (χ3v) is 8.58. The lowest BCUT2D eigenvalue weighted by Gasteiger charge is -2.25. The number of nitrogens with zero attached hydrogens (tertiary/aromatic N) is 3. The molecule has 0 saturated heterocycles. The van der Waals surface area contributed by atoms with Gasteiger partial charge < -0.3 is 14.2 Å². The van der Waals surface area contributed by atoms with E-state index in [-0.39, 0.29) is 23.4 Å². The first-order valence-corrected chi connectivity index (χ1v) is 15.5. The SMILES string of the molecule is COc1cc(C2C(C(=O)OCc3ccccc3)=C(C)N=c3s/c(=C\c4ccc([N+](=O)[O-])cc4)c(=O)n32)ccc1OCc1ccccc1. The van der Waals surface area contributed by atoms with Gasteiger partial charge in [-0.1, -0.05) is 78.1 Å². The first kappa shape index (κ1) is 31.2. The maximum atomic E-state index is 14.1. The number of thiazole rings is 1. The van der Waals surface area contributed by atoms with Gasteiger partial charge in [-0.3, -0.25) is 19.5 Å². The van der Waals surface area contributed by atoms with Crippen molar-refractivity contribution in [2.45, 2.75) is 26.2 Å². The summed E-state index contributed by atoms with van der Waals surface area (Å²) in [4.78, 5) is 43.5. The molecule has 6 rings (SSSR count). The molecule has 10 nitrogen and oxygen atoms in total. The van der Waals surface area contributed by atoms with Crippen molar-refractivity contribution in [2.75, 3.05) is 7.11 Å². The zero-order chi connectivity index (χ0) is 32.9. The molecule has 4 aromatic carbocycles. The van der Waals surface area contributed by atoms with Gasteiger partial charge in [-0.25, -0.2) is 9.79 Å². The number of benzene rings is 4. The Morgan fingerprint density at radius 1 is 0.936 bits per heavy atom. The molecule has 0 saturated carbocycles. The van der Waals surface area contributed by atoms with E-state index in [0.29, 0.717) is 44.3 Å². The van der Waals surface area contributed by atoms with Gasteiger partial charge in [0.25, 0.3) is 11.2 Å². The largest absolute Gasteiger partial charge is 0.493 e. The summed E-state index contributed by atoms with van der Waals surface area (Å²) in [7, 11) is 1.53. The van der Waals surface area contributed by atoms with Gasteiger partial charge in [0.1, 0.15) is 13.2 Å². The molecule has 0 amide bonds. The van der Waals surface area contributed by atoms with E-state index in [1.165, 1.54) is 23.8 Å². The van der Waals surface area contributed by atoms with Gasteiger partial charge in [0.2, 0.25) is 0 Å². The van der Waals surface area contributed by atoms with Crippen molar-refractivity contribution in [3.63, 3.8) is 0 Å². The summed E-state index contributed by atoms with van der Waals surface area (Å²) in [6.45, 7) is 2.09. The van der Waals surface area contributed by atoms with Crippen LogP contribution in [0.25, 0.3) is 6.08 Å². The van der Waals surface area contributed by atoms with Crippen molar-refractivity contribution in [2.24, 2.45) is 4.99 Å². The topological polar surface area (TPSA) is 122 Å². The van der Waals surface area contributed by atoms with Crippen LogP contribution in [0.2, 0.25) is 0 Å². The van der Waals surface area contributed by atoms with Crippen LogP contribution in [0.4, 0.5) is 5.69 Å². The molecule has 0 fully saturated rings. The number of ether oxygens (including phenoxy) is 3. The van der Waals surface area contributed by atoms with E-state index in [9.17, 15) is 19.7 Å². The predicted molar refractivity (Wildman–Crippen MR) is 177 cm³/mol. The molecular weight excluding hydrogens is 618 g/mol. The third-order valence-electron chi connectivity index (χ3n) is 7.60. The Morgan fingerprint density at radius 2 is 1.60 bits per heavy atom. The molecule has 0 bridgehead atoms. The lowest BCUT2D eigenvalue weighted by molar-refractivity contribution is -0.384. The molecule has 1 aliphatic rings. The number of nitro benzene ring substituents is 1. The molecule has 0 aliphatic carbocycles. The molecule has 0 radical (unpaired) electrons. The number of non-ortho nitro benzene ring substituents is 1. The number of nitro groups is 1. The number of rotatable bonds is 10. The molecule has 47 heavy (non-hydrogen) atoms. The summed E-state index contributed by atoms with van der Waals surface area (Å²) in [5.74, 6) is 0.325. The number of allylic oxidation sites excluding steroid dienone is 1. The third kappa shape index (κ3) is 6.75. The van der Waals surface area contributed by atoms with Crippen molar-refractivity contribution in [1.29, 1.82) is 0 Å². The number of fused-ring (bicyclic) bond motifs is 1. The van der Waals surface area contributed by atoms with Crippen molar-refractivity contribution < 1.29 is 23.9 Å². The maximum Gasteiger partial charge on any atom is 0.338 e. The summed E-state index contributed by atoms with van der Waals surface area (Å²) in [5.41, 5.74) is 3.22. The fraction of sp³-hybridized carbons (Fsp3) is 0.139. The minimum atomic E-state index is -0.884. The van der Waals surface area contributed by atoms with Gasteiger partial charge in [-0.15, -0.1) is 0 Å². The lowest BCUT2D eigenvalue weighted by atomic mass is 9.95. The van der Waals surface area contributed by atoms with Crippen LogP contribution < -0.4 is 24.4 Å². The quantitative estimate of drug-likeness (QED) is 0.112. The highest BCUT2D eigenvalue weighted by Crippen LogP contribution is 2.36. The maximum absolute atomic E-state index is 14.1. The Kier molecular flexibility index (Phi) is 9.07. The van der Waals surface area contributed by atoms with E-state index in [4.69, 9.17) is 14.2 Å². The Morgan fingerprint density at radius 3 is 2.23 bits per heavy atom. The summed E-state index contributed by atoms with van der Waals surface area (Å²) in [5, 5.41) is 11.1. The van der Waals surface area contributed by atoms with Gasteiger partial charge in [-0.05, 0) is 59.5 Å². The highest BCUT2D eigenvalue weighted by Gasteiger charge is 2.34. The smallest absolute Gasteiger partial charge is 0.338 e. The van der Waals surface area contributed by atoms with E-state index in [1.807, 2.05) is 60.7 Å². The van der Waals surface area contributed by atoms with Crippen molar-refractivity contribution in [1.82, 2.24) is 4.57 Å². The van der Waals surface area contributed by atoms with Crippen LogP contribution in [-0.2, 0) is 22.7 Å². The first-order valence-electron chi connectivity index (χ1n) is 14.6. The zero-order valence-electron chi connectivity index (χ0n) is 25.5. The van der Waals surface area contributed by atoms with E-state index in [1.54, 1.807) is 43.3 Å². The van der Waals surface area contributed by atoms with Crippen LogP contribution in [0.3, 0.4) is 0 Å². The van der Waals surface area contributed by atoms with E-state index in [0.717, 1.165) is 22.5 Å². The molecule has 1 aliphatic heterocycles. The molecule has 1 unspecified atom stereocenters. The molecule has 0 spiro atoms. The van der Waals surface area contributed by atoms with Crippen LogP contribution in [-0.4, -0.2) is 22.6 Å². The summed E-state index contributed by atoms with van der Waals surface area (Å²) >= 11 is 1.16. The Labute approximate surface area is 273 Å². The number of aromatic nitrogens is 1. The highest BCUT2D eigenvalue weighted by atomic mass is 32.1. The molecule has 2 heterocycles. The molecule has 1 atom stereocenters. The van der Waals surface area contributed by atoms with Gasteiger partial charge in [0.05, 0.1) is 33.9 Å².